The Morgan fingerprint density at radius 1 is 0.491 bits per heavy atom. The monoisotopic (exact) mass is 800 g/mol. The fourth-order valence-corrected chi connectivity index (χ4v) is 1.86. The topological polar surface area (TPSA) is 381 Å². The van der Waals surface area contributed by atoms with Crippen LogP contribution in [0.5, 0.6) is 0 Å². The molecule has 1 rings (SSSR count). The van der Waals surface area contributed by atoms with Crippen LogP contribution in [0.3, 0.4) is 0 Å². The summed E-state index contributed by atoms with van der Waals surface area (Å²) in [5.41, 5.74) is -2.32. The number of carbonyl (C=O) groups is 7. The molecule has 0 aromatic carbocycles. The third kappa shape index (κ3) is 60.8. The number of aliphatic carboxylic acids is 6. The molecule has 0 radical (unpaired) electrons. The molecule has 0 atom stereocenters. The van der Waals surface area contributed by atoms with Crippen LogP contribution in [0.15, 0.2) is 75.9 Å². The van der Waals surface area contributed by atoms with Crippen molar-refractivity contribution in [1.29, 1.82) is 0 Å². The number of aliphatic hydroxyl groups is 6. The van der Waals surface area contributed by atoms with E-state index < -0.39 is 86.3 Å². The van der Waals surface area contributed by atoms with Crippen LogP contribution in [0.4, 0.5) is 0 Å². The van der Waals surface area contributed by atoms with Gasteiger partial charge in [0, 0.05) is 42.9 Å². The van der Waals surface area contributed by atoms with E-state index in [9.17, 15) is 33.6 Å². The third-order valence-corrected chi connectivity index (χ3v) is 5.16. The average Bonchev–Trinajstić information content (AvgIpc) is 3.44. The van der Waals surface area contributed by atoms with Crippen molar-refractivity contribution >= 4 is 41.8 Å². The molecule has 318 valence electrons. The fraction of sp³-hybridized carbons (Fsp3) is 0.441. The Hall–Kier alpha value is -5.55. The first-order chi connectivity index (χ1) is 25.6. The molecule has 1 aliphatic heterocycles. The zero-order chi connectivity index (χ0) is 44.9. The van der Waals surface area contributed by atoms with Crippen LogP contribution < -0.4 is 0 Å². The summed E-state index contributed by atoms with van der Waals surface area (Å²) in [7, 11) is 0. The minimum absolute atomic E-state index is 0.0255. The van der Waals surface area contributed by atoms with Crippen LogP contribution in [0.25, 0.3) is 0 Å². The number of ether oxygens (including phenoxy) is 2. The molecule has 0 aromatic heterocycles. The van der Waals surface area contributed by atoms with Crippen LogP contribution in [0, 0.1) is 10.8 Å². The largest absolute Gasteiger partial charge is 0.478 e. The number of esters is 1. The highest BCUT2D eigenvalue weighted by Gasteiger charge is 2.32. The Bertz CT molecular complexity index is 936. The van der Waals surface area contributed by atoms with Gasteiger partial charge in [-0.15, -0.1) is 0 Å². The van der Waals surface area contributed by atoms with E-state index in [0.717, 1.165) is 55.7 Å². The molecule has 0 aromatic rings. The first-order valence-electron chi connectivity index (χ1n) is 15.1. The molecule has 1 heterocycles. The van der Waals surface area contributed by atoms with Crippen LogP contribution in [-0.2, 0) is 43.0 Å². The number of cyclic esters (lactones) is 1. The lowest BCUT2D eigenvalue weighted by Crippen LogP contribution is -2.43. The van der Waals surface area contributed by atoms with Crippen LogP contribution in [0.1, 0.15) is 25.7 Å². The van der Waals surface area contributed by atoms with Gasteiger partial charge in [-0.3, -0.25) is 4.79 Å². The number of carboxylic acids is 6. The van der Waals surface area contributed by atoms with Crippen molar-refractivity contribution in [3.63, 3.8) is 0 Å². The summed E-state index contributed by atoms with van der Waals surface area (Å²) in [6.07, 6.45) is 8.83. The van der Waals surface area contributed by atoms with Gasteiger partial charge < -0.3 is 70.8 Å². The molecule has 0 bridgehead atoms. The molecule has 1 aliphatic rings. The number of carboxylic acid groups (broad SMARTS) is 6. The summed E-state index contributed by atoms with van der Waals surface area (Å²) >= 11 is 0. The molecule has 0 spiro atoms. The highest BCUT2D eigenvalue weighted by atomic mass is 16.5. The van der Waals surface area contributed by atoms with E-state index in [0.29, 0.717) is 13.0 Å². The van der Waals surface area contributed by atoms with Crippen molar-refractivity contribution < 1.29 is 104 Å². The van der Waals surface area contributed by atoms with Crippen LogP contribution in [-0.4, -0.2) is 163 Å². The van der Waals surface area contributed by atoms with Crippen molar-refractivity contribution in [2.24, 2.45) is 10.8 Å². The van der Waals surface area contributed by atoms with Gasteiger partial charge in [-0.2, -0.15) is 0 Å². The molecule has 0 unspecified atom stereocenters. The second-order valence-electron chi connectivity index (χ2n) is 9.73. The summed E-state index contributed by atoms with van der Waals surface area (Å²) in [5.74, 6) is -5.91. The molecule has 55 heavy (non-hydrogen) atoms. The average molecular weight is 801 g/mol. The lowest BCUT2D eigenvalue weighted by atomic mass is 9.91. The van der Waals surface area contributed by atoms with E-state index >= 15 is 0 Å². The fourth-order valence-electron chi connectivity index (χ4n) is 1.86. The zero-order valence-corrected chi connectivity index (χ0v) is 30.4. The second-order valence-corrected chi connectivity index (χ2v) is 9.73. The number of carbonyl (C=O) groups excluding carboxylic acids is 1. The van der Waals surface area contributed by atoms with Crippen LogP contribution in [0.2, 0.25) is 0 Å². The van der Waals surface area contributed by atoms with Gasteiger partial charge in [0.15, 0.2) is 0 Å². The maximum absolute atomic E-state index is 10.5. The first-order valence-corrected chi connectivity index (χ1v) is 15.1. The summed E-state index contributed by atoms with van der Waals surface area (Å²) in [5, 5.41) is 99.8. The minimum Gasteiger partial charge on any atom is -0.478 e. The smallest absolute Gasteiger partial charge is 0.327 e. The summed E-state index contributed by atoms with van der Waals surface area (Å²) < 4.78 is 9.91. The molecular formula is C34H56O21. The Kier molecular flexibility index (Phi) is 54.4. The van der Waals surface area contributed by atoms with Crippen molar-refractivity contribution in [3.8, 4) is 0 Å². The van der Waals surface area contributed by atoms with E-state index in [1.54, 1.807) is 0 Å². The SMILES string of the molecule is C=CC(=O)O.C=CC(=O)O.C=CC(=O)O.C=CC(=O)O.C=CC(=O)O.C=CC(=O)O.O=C1CCCCCO1.OCC(CO)(CO)COCC(CO)(CO)CO. The highest BCUT2D eigenvalue weighted by molar-refractivity contribution is 5.80. The van der Waals surface area contributed by atoms with Crippen molar-refractivity contribution in [3.05, 3.63) is 75.9 Å². The predicted octanol–water partition coefficient (Wildman–Crippen LogP) is -0.425. The Balaban J connectivity index is -0.000000103. The maximum atomic E-state index is 10.5. The molecule has 12 N–H and O–H groups in total. The van der Waals surface area contributed by atoms with Gasteiger partial charge >= 0.3 is 41.8 Å². The minimum atomic E-state index is -1.16. The normalized spacial score (nSPS) is 10.7. The molecule has 0 saturated carbocycles. The van der Waals surface area contributed by atoms with Gasteiger partial charge in [-0.25, -0.2) is 28.8 Å². The van der Waals surface area contributed by atoms with Gasteiger partial charge in [0.25, 0.3) is 0 Å². The number of rotatable bonds is 16. The number of hydrogen-bond acceptors (Lipinski definition) is 15. The molecule has 0 aliphatic carbocycles. The molecule has 0 amide bonds. The molecule has 1 saturated heterocycles. The quantitative estimate of drug-likeness (QED) is 0.0696. The summed E-state index contributed by atoms with van der Waals surface area (Å²) in [4.78, 5) is 66.0. The molecule has 1 fully saturated rings. The summed E-state index contributed by atoms with van der Waals surface area (Å²) in [6, 6.07) is 0. The first kappa shape index (κ1) is 64.4. The number of hydrogen-bond donors (Lipinski definition) is 12. The standard InChI is InChI=1S/C10H22O7.C6H10O2.6C3H4O2/c11-1-9(2-12,3-13)7-17-8-10(4-14,5-15)6-16;7-6-4-2-1-3-5-8-6;6*1-2-3(4)5/h11-16H,1-8H2;1-5H2;6*2H,1H2,(H,4,5). The maximum Gasteiger partial charge on any atom is 0.327 e. The predicted molar refractivity (Wildman–Crippen MR) is 195 cm³/mol. The van der Waals surface area contributed by atoms with Gasteiger partial charge in [0.05, 0.1) is 70.3 Å². The van der Waals surface area contributed by atoms with Crippen molar-refractivity contribution in [2.45, 2.75) is 25.7 Å². The van der Waals surface area contributed by atoms with Gasteiger partial charge in [0.2, 0.25) is 0 Å². The zero-order valence-electron chi connectivity index (χ0n) is 30.4. The van der Waals surface area contributed by atoms with Gasteiger partial charge in [-0.1, -0.05) is 39.5 Å². The van der Waals surface area contributed by atoms with Crippen molar-refractivity contribution in [2.75, 3.05) is 59.5 Å². The van der Waals surface area contributed by atoms with E-state index in [2.05, 4.69) is 39.5 Å². The lowest BCUT2D eigenvalue weighted by molar-refractivity contribution is -0.143. The second kappa shape index (κ2) is 46.5. The molecule has 21 heteroatoms. The molecule has 21 nitrogen and oxygen atoms in total. The lowest BCUT2D eigenvalue weighted by Gasteiger charge is -2.31. The van der Waals surface area contributed by atoms with E-state index in [1.807, 2.05) is 0 Å². The third-order valence-electron chi connectivity index (χ3n) is 5.16. The van der Waals surface area contributed by atoms with Gasteiger partial charge in [-0.05, 0) is 19.3 Å². The summed E-state index contributed by atoms with van der Waals surface area (Å²) in [6.45, 7) is 15.4. The molecular weight excluding hydrogens is 744 g/mol. The van der Waals surface area contributed by atoms with Crippen molar-refractivity contribution in [1.82, 2.24) is 0 Å². The Morgan fingerprint density at radius 2 is 0.709 bits per heavy atom. The van der Waals surface area contributed by atoms with Gasteiger partial charge in [0.1, 0.15) is 0 Å². The van der Waals surface area contributed by atoms with E-state index in [-0.39, 0.29) is 19.2 Å². The number of aliphatic hydroxyl groups excluding tert-OH is 6. The Labute approximate surface area is 318 Å². The van der Waals surface area contributed by atoms with E-state index in [1.165, 1.54) is 0 Å². The van der Waals surface area contributed by atoms with Crippen LogP contribution >= 0.6 is 0 Å². The van der Waals surface area contributed by atoms with E-state index in [4.69, 9.17) is 70.8 Å². The highest BCUT2D eigenvalue weighted by Crippen LogP contribution is 2.19. The Morgan fingerprint density at radius 3 is 0.891 bits per heavy atom.